The van der Waals surface area contributed by atoms with Gasteiger partial charge >= 0.3 is 5.97 Å². The number of hydrogen-bond donors (Lipinski definition) is 2. The number of carboxylic acids is 1. The SMILES string of the molecule is CCC1C(=O)NCCN1c1ccccc1C=CC(=O)O. The lowest BCUT2D eigenvalue weighted by molar-refractivity contribution is -0.131. The molecule has 1 aliphatic heterocycles. The van der Waals surface area contributed by atoms with Crippen molar-refractivity contribution in [1.29, 1.82) is 0 Å². The number of nitrogens with one attached hydrogen (secondary N) is 1. The molecule has 1 amide bonds. The predicted molar refractivity (Wildman–Crippen MR) is 77.5 cm³/mol. The van der Waals surface area contributed by atoms with Crippen LogP contribution in [0.15, 0.2) is 30.3 Å². The van der Waals surface area contributed by atoms with Crippen LogP contribution in [0, 0.1) is 0 Å². The second-order valence-electron chi connectivity index (χ2n) is 4.64. The third-order valence-corrected chi connectivity index (χ3v) is 3.37. The molecule has 5 nitrogen and oxygen atoms in total. The van der Waals surface area contributed by atoms with Crippen molar-refractivity contribution in [3.63, 3.8) is 0 Å². The van der Waals surface area contributed by atoms with Crippen molar-refractivity contribution in [2.75, 3.05) is 18.0 Å². The Hall–Kier alpha value is -2.30. The lowest BCUT2D eigenvalue weighted by atomic mass is 10.1. The number of anilines is 1. The second-order valence-corrected chi connectivity index (χ2v) is 4.64. The summed E-state index contributed by atoms with van der Waals surface area (Å²) in [7, 11) is 0. The molecule has 0 aliphatic carbocycles. The van der Waals surface area contributed by atoms with E-state index in [1.807, 2.05) is 36.1 Å². The van der Waals surface area contributed by atoms with Crippen molar-refractivity contribution in [1.82, 2.24) is 5.32 Å². The molecule has 5 heteroatoms. The number of carboxylic acid groups (broad SMARTS) is 1. The first-order valence-corrected chi connectivity index (χ1v) is 6.68. The Morgan fingerprint density at radius 2 is 2.25 bits per heavy atom. The van der Waals surface area contributed by atoms with Crippen LogP contribution in [0.3, 0.4) is 0 Å². The lowest BCUT2D eigenvalue weighted by Crippen LogP contribution is -2.55. The maximum Gasteiger partial charge on any atom is 0.328 e. The maximum absolute atomic E-state index is 11.9. The van der Waals surface area contributed by atoms with E-state index in [1.54, 1.807) is 6.08 Å². The smallest absolute Gasteiger partial charge is 0.328 e. The van der Waals surface area contributed by atoms with Crippen LogP contribution in [0.5, 0.6) is 0 Å². The number of benzene rings is 1. The average Bonchev–Trinajstić information content (AvgIpc) is 2.45. The van der Waals surface area contributed by atoms with Crippen molar-refractivity contribution in [3.8, 4) is 0 Å². The van der Waals surface area contributed by atoms with Crippen LogP contribution in [0.4, 0.5) is 5.69 Å². The summed E-state index contributed by atoms with van der Waals surface area (Å²) in [6.07, 6.45) is 3.39. The third-order valence-electron chi connectivity index (χ3n) is 3.37. The van der Waals surface area contributed by atoms with Crippen molar-refractivity contribution in [3.05, 3.63) is 35.9 Å². The molecule has 1 saturated heterocycles. The standard InChI is InChI=1S/C15H18N2O3/c1-2-12-15(20)16-9-10-17(12)13-6-4-3-5-11(13)7-8-14(18)19/h3-8,12H,2,9-10H2,1H3,(H,16,20)(H,18,19). The molecule has 1 aromatic carbocycles. The van der Waals surface area contributed by atoms with Gasteiger partial charge in [0.05, 0.1) is 0 Å². The molecule has 0 spiro atoms. The molecule has 1 aromatic rings. The van der Waals surface area contributed by atoms with Gasteiger partial charge in [0.15, 0.2) is 0 Å². The van der Waals surface area contributed by atoms with E-state index in [0.717, 1.165) is 23.9 Å². The van der Waals surface area contributed by atoms with Crippen LogP contribution in [-0.2, 0) is 9.59 Å². The number of piperazine rings is 1. The zero-order valence-corrected chi connectivity index (χ0v) is 11.4. The van der Waals surface area contributed by atoms with Crippen LogP contribution >= 0.6 is 0 Å². The van der Waals surface area contributed by atoms with Gasteiger partial charge in [-0.25, -0.2) is 4.79 Å². The number of carbonyl (C=O) groups is 2. The summed E-state index contributed by atoms with van der Waals surface area (Å²) in [4.78, 5) is 24.6. The highest BCUT2D eigenvalue weighted by Gasteiger charge is 2.28. The number of nitrogens with zero attached hydrogens (tertiary/aromatic N) is 1. The molecule has 0 bridgehead atoms. The Balaban J connectivity index is 2.35. The number of amides is 1. The van der Waals surface area contributed by atoms with E-state index in [1.165, 1.54) is 0 Å². The van der Waals surface area contributed by atoms with Gasteiger partial charge in [0.2, 0.25) is 5.91 Å². The Bertz CT molecular complexity index is 540. The van der Waals surface area contributed by atoms with Gasteiger partial charge in [-0.05, 0) is 24.1 Å². The number of para-hydroxylation sites is 1. The van der Waals surface area contributed by atoms with Gasteiger partial charge in [0.1, 0.15) is 6.04 Å². The van der Waals surface area contributed by atoms with Gasteiger partial charge in [0, 0.05) is 24.9 Å². The fraction of sp³-hybridized carbons (Fsp3) is 0.333. The normalized spacial score (nSPS) is 19.1. The van der Waals surface area contributed by atoms with Gasteiger partial charge in [-0.2, -0.15) is 0 Å². The van der Waals surface area contributed by atoms with E-state index < -0.39 is 5.97 Å². The molecule has 1 heterocycles. The quantitative estimate of drug-likeness (QED) is 0.816. The topological polar surface area (TPSA) is 69.6 Å². The van der Waals surface area contributed by atoms with Crippen LogP contribution < -0.4 is 10.2 Å². The van der Waals surface area contributed by atoms with Gasteiger partial charge in [-0.15, -0.1) is 0 Å². The number of aliphatic carboxylic acids is 1. The Morgan fingerprint density at radius 3 is 2.95 bits per heavy atom. The van der Waals surface area contributed by atoms with Crippen LogP contribution in [-0.4, -0.2) is 36.1 Å². The van der Waals surface area contributed by atoms with Crippen LogP contribution in [0.2, 0.25) is 0 Å². The summed E-state index contributed by atoms with van der Waals surface area (Å²) in [6.45, 7) is 3.30. The first-order chi connectivity index (χ1) is 9.63. The first kappa shape index (κ1) is 14.1. The summed E-state index contributed by atoms with van der Waals surface area (Å²) in [6, 6.07) is 7.32. The zero-order valence-electron chi connectivity index (χ0n) is 11.4. The van der Waals surface area contributed by atoms with E-state index in [-0.39, 0.29) is 11.9 Å². The molecule has 20 heavy (non-hydrogen) atoms. The summed E-state index contributed by atoms with van der Waals surface area (Å²) < 4.78 is 0. The highest BCUT2D eigenvalue weighted by Crippen LogP contribution is 2.25. The fourth-order valence-electron chi connectivity index (χ4n) is 2.46. The molecule has 1 aliphatic rings. The molecule has 2 N–H and O–H groups in total. The van der Waals surface area contributed by atoms with Gasteiger partial charge in [-0.3, -0.25) is 4.79 Å². The van der Waals surface area contributed by atoms with Crippen molar-refractivity contribution in [2.24, 2.45) is 0 Å². The van der Waals surface area contributed by atoms with E-state index in [2.05, 4.69) is 5.32 Å². The maximum atomic E-state index is 11.9. The van der Waals surface area contributed by atoms with E-state index in [4.69, 9.17) is 5.11 Å². The van der Waals surface area contributed by atoms with E-state index in [0.29, 0.717) is 13.0 Å². The first-order valence-electron chi connectivity index (χ1n) is 6.68. The van der Waals surface area contributed by atoms with Crippen molar-refractivity contribution >= 4 is 23.6 Å². The molecule has 106 valence electrons. The van der Waals surface area contributed by atoms with Crippen molar-refractivity contribution in [2.45, 2.75) is 19.4 Å². The molecular formula is C15H18N2O3. The fourth-order valence-corrected chi connectivity index (χ4v) is 2.46. The van der Waals surface area contributed by atoms with Gasteiger partial charge < -0.3 is 15.3 Å². The third kappa shape index (κ3) is 2.99. The molecule has 1 fully saturated rings. The molecule has 0 aromatic heterocycles. The second kappa shape index (κ2) is 6.23. The highest BCUT2D eigenvalue weighted by molar-refractivity contribution is 5.89. The number of carbonyl (C=O) groups excluding carboxylic acids is 1. The number of rotatable bonds is 4. The number of hydrogen-bond acceptors (Lipinski definition) is 3. The average molecular weight is 274 g/mol. The van der Waals surface area contributed by atoms with E-state index in [9.17, 15) is 9.59 Å². The minimum absolute atomic E-state index is 0.0239. The Kier molecular flexibility index (Phi) is 4.40. The monoisotopic (exact) mass is 274 g/mol. The molecule has 0 saturated carbocycles. The molecule has 1 atom stereocenters. The van der Waals surface area contributed by atoms with Crippen LogP contribution in [0.25, 0.3) is 6.08 Å². The van der Waals surface area contributed by atoms with Gasteiger partial charge in [0.25, 0.3) is 0 Å². The molecule has 0 radical (unpaired) electrons. The van der Waals surface area contributed by atoms with Gasteiger partial charge in [-0.1, -0.05) is 25.1 Å². The molecular weight excluding hydrogens is 256 g/mol. The summed E-state index contributed by atoms with van der Waals surface area (Å²) in [5.74, 6) is -0.959. The largest absolute Gasteiger partial charge is 0.478 e. The van der Waals surface area contributed by atoms with E-state index >= 15 is 0 Å². The zero-order chi connectivity index (χ0) is 14.5. The summed E-state index contributed by atoms with van der Waals surface area (Å²) in [5, 5.41) is 11.6. The Labute approximate surface area is 117 Å². The molecule has 1 unspecified atom stereocenters. The lowest BCUT2D eigenvalue weighted by Gasteiger charge is -2.37. The summed E-state index contributed by atoms with van der Waals surface area (Å²) in [5.41, 5.74) is 1.70. The predicted octanol–water partition coefficient (Wildman–Crippen LogP) is 1.50. The van der Waals surface area contributed by atoms with Crippen LogP contribution in [0.1, 0.15) is 18.9 Å². The minimum atomic E-state index is -0.983. The Morgan fingerprint density at radius 1 is 1.50 bits per heavy atom. The minimum Gasteiger partial charge on any atom is -0.478 e. The highest BCUT2D eigenvalue weighted by atomic mass is 16.4. The molecule has 2 rings (SSSR count). The summed E-state index contributed by atoms with van der Waals surface area (Å²) >= 11 is 0. The van der Waals surface area contributed by atoms with Crippen molar-refractivity contribution < 1.29 is 14.7 Å².